The standard InChI is InChI=1S/C29H26ClN5O3S/c1-18-7-9-23-22(12-18)27-28(35(23)16-20-4-2-5-21(30)13-20)32-29(34-33-27)39-11-3-6-26(36)31-15-19-8-10-24-25(14-19)38-17-37-24/h2,4-5,7-10,12-14H,3,6,11,15-17H2,1H3,(H,31,36). The van der Waals surface area contributed by atoms with Crippen LogP contribution in [0.3, 0.4) is 0 Å². The Labute approximate surface area is 234 Å². The zero-order valence-corrected chi connectivity index (χ0v) is 22.9. The lowest BCUT2D eigenvalue weighted by Gasteiger charge is -2.08. The third-order valence-corrected chi connectivity index (χ3v) is 7.70. The van der Waals surface area contributed by atoms with E-state index in [9.17, 15) is 4.79 Å². The van der Waals surface area contributed by atoms with Crippen LogP contribution in [-0.2, 0) is 17.9 Å². The molecule has 0 unspecified atom stereocenters. The normalized spacial score (nSPS) is 12.4. The van der Waals surface area contributed by atoms with Crippen molar-refractivity contribution in [2.24, 2.45) is 0 Å². The summed E-state index contributed by atoms with van der Waals surface area (Å²) in [6.07, 6.45) is 1.12. The van der Waals surface area contributed by atoms with Gasteiger partial charge in [0.15, 0.2) is 17.1 Å². The maximum atomic E-state index is 12.4. The van der Waals surface area contributed by atoms with Crippen LogP contribution in [0.2, 0.25) is 5.02 Å². The van der Waals surface area contributed by atoms with Crippen LogP contribution in [0.5, 0.6) is 11.5 Å². The molecule has 6 rings (SSSR count). The Morgan fingerprint density at radius 3 is 2.85 bits per heavy atom. The average Bonchev–Trinajstić information content (AvgIpc) is 3.52. The van der Waals surface area contributed by atoms with Gasteiger partial charge in [0.2, 0.25) is 17.9 Å². The first kappa shape index (κ1) is 25.5. The highest BCUT2D eigenvalue weighted by molar-refractivity contribution is 7.99. The van der Waals surface area contributed by atoms with Crippen molar-refractivity contribution in [2.45, 2.75) is 38.0 Å². The summed E-state index contributed by atoms with van der Waals surface area (Å²) in [4.78, 5) is 17.3. The Balaban J connectivity index is 1.10. The Bertz CT molecular complexity index is 1690. The molecule has 0 saturated heterocycles. The molecule has 0 fully saturated rings. The summed E-state index contributed by atoms with van der Waals surface area (Å²) >= 11 is 7.75. The molecule has 8 nitrogen and oxygen atoms in total. The van der Waals surface area contributed by atoms with Crippen molar-refractivity contribution in [2.75, 3.05) is 12.5 Å². The number of nitrogens with one attached hydrogen (secondary N) is 1. The third kappa shape index (κ3) is 5.65. The average molecular weight is 560 g/mol. The molecule has 0 aliphatic carbocycles. The third-order valence-electron chi connectivity index (χ3n) is 6.54. The number of hydrogen-bond acceptors (Lipinski definition) is 7. The van der Waals surface area contributed by atoms with Crippen LogP contribution < -0.4 is 14.8 Å². The quantitative estimate of drug-likeness (QED) is 0.177. The molecule has 5 aromatic rings. The van der Waals surface area contributed by atoms with Crippen molar-refractivity contribution >= 4 is 51.3 Å². The van der Waals surface area contributed by atoms with E-state index in [0.29, 0.717) is 47.6 Å². The number of nitrogens with zero attached hydrogens (tertiary/aromatic N) is 4. The van der Waals surface area contributed by atoms with Crippen LogP contribution in [0, 0.1) is 6.92 Å². The lowest BCUT2D eigenvalue weighted by atomic mass is 10.1. The van der Waals surface area contributed by atoms with Gasteiger partial charge < -0.3 is 19.4 Å². The lowest BCUT2D eigenvalue weighted by Crippen LogP contribution is -2.22. The fraction of sp³-hybridized carbons (Fsp3) is 0.241. The van der Waals surface area contributed by atoms with E-state index in [2.05, 4.69) is 51.3 Å². The van der Waals surface area contributed by atoms with Gasteiger partial charge in [-0.1, -0.05) is 53.2 Å². The highest BCUT2D eigenvalue weighted by Gasteiger charge is 2.16. The smallest absolute Gasteiger partial charge is 0.231 e. The van der Waals surface area contributed by atoms with Crippen molar-refractivity contribution in [3.05, 3.63) is 82.4 Å². The first-order valence-electron chi connectivity index (χ1n) is 12.7. The molecule has 1 N–H and O–H groups in total. The van der Waals surface area contributed by atoms with Crippen LogP contribution in [0.4, 0.5) is 0 Å². The van der Waals surface area contributed by atoms with Crippen LogP contribution in [-0.4, -0.2) is 38.2 Å². The number of aromatic nitrogens is 4. The second kappa shape index (κ2) is 11.1. The Kier molecular flexibility index (Phi) is 7.26. The summed E-state index contributed by atoms with van der Waals surface area (Å²) in [5.41, 5.74) is 5.83. The molecule has 0 radical (unpaired) electrons. The lowest BCUT2D eigenvalue weighted by molar-refractivity contribution is -0.121. The zero-order chi connectivity index (χ0) is 26.8. The number of halogens is 1. The molecule has 10 heteroatoms. The minimum Gasteiger partial charge on any atom is -0.454 e. The SMILES string of the molecule is Cc1ccc2c(c1)c1nnc(SCCCC(=O)NCc3ccc4c(c3)OCO4)nc1n2Cc1cccc(Cl)c1. The molecule has 39 heavy (non-hydrogen) atoms. The molecule has 198 valence electrons. The highest BCUT2D eigenvalue weighted by Crippen LogP contribution is 2.32. The van der Waals surface area contributed by atoms with E-state index in [1.165, 1.54) is 11.8 Å². The summed E-state index contributed by atoms with van der Waals surface area (Å²) in [7, 11) is 0. The van der Waals surface area contributed by atoms with Crippen molar-refractivity contribution in [1.82, 2.24) is 25.1 Å². The van der Waals surface area contributed by atoms with Gasteiger partial charge in [0.05, 0.1) is 5.52 Å². The summed E-state index contributed by atoms with van der Waals surface area (Å²) in [5, 5.41) is 14.2. The van der Waals surface area contributed by atoms with Crippen LogP contribution in [0.25, 0.3) is 22.1 Å². The van der Waals surface area contributed by atoms with Gasteiger partial charge in [-0.15, -0.1) is 10.2 Å². The van der Waals surface area contributed by atoms with Crippen molar-refractivity contribution in [1.29, 1.82) is 0 Å². The maximum absolute atomic E-state index is 12.4. The monoisotopic (exact) mass is 559 g/mol. The van der Waals surface area contributed by atoms with Gasteiger partial charge in [-0.25, -0.2) is 4.98 Å². The number of fused-ring (bicyclic) bond motifs is 4. The van der Waals surface area contributed by atoms with E-state index >= 15 is 0 Å². The van der Waals surface area contributed by atoms with E-state index in [4.69, 9.17) is 26.1 Å². The summed E-state index contributed by atoms with van der Waals surface area (Å²) in [6, 6.07) is 19.9. The van der Waals surface area contributed by atoms with Gasteiger partial charge in [-0.3, -0.25) is 4.79 Å². The molecule has 2 aromatic heterocycles. The number of rotatable bonds is 9. The van der Waals surface area contributed by atoms with Gasteiger partial charge in [-0.2, -0.15) is 0 Å². The van der Waals surface area contributed by atoms with Crippen molar-refractivity contribution < 1.29 is 14.3 Å². The van der Waals surface area contributed by atoms with Crippen LogP contribution >= 0.6 is 23.4 Å². The number of amides is 1. The minimum atomic E-state index is -0.000204. The van der Waals surface area contributed by atoms with Gasteiger partial charge in [0, 0.05) is 35.7 Å². The van der Waals surface area contributed by atoms with Crippen LogP contribution in [0.1, 0.15) is 29.5 Å². The van der Waals surface area contributed by atoms with E-state index < -0.39 is 0 Å². The predicted octanol–water partition coefficient (Wildman–Crippen LogP) is 5.91. The number of carbonyl (C=O) groups excluding carboxylic acids is 1. The highest BCUT2D eigenvalue weighted by atomic mass is 35.5. The van der Waals surface area contributed by atoms with Crippen molar-refractivity contribution in [3.63, 3.8) is 0 Å². The fourth-order valence-corrected chi connectivity index (χ4v) is 5.56. The molecule has 1 aliphatic heterocycles. The Morgan fingerprint density at radius 2 is 1.95 bits per heavy atom. The summed E-state index contributed by atoms with van der Waals surface area (Å²) in [6.45, 7) is 3.37. The van der Waals surface area contributed by atoms with Crippen LogP contribution in [0.15, 0.2) is 65.8 Å². The molecular formula is C29H26ClN5O3S. The predicted molar refractivity (Wildman–Crippen MR) is 152 cm³/mol. The molecule has 0 atom stereocenters. The first-order chi connectivity index (χ1) is 19.0. The molecule has 0 bridgehead atoms. The number of carbonyl (C=O) groups is 1. The fourth-order valence-electron chi connectivity index (χ4n) is 4.63. The molecule has 0 saturated carbocycles. The second-order valence-electron chi connectivity index (χ2n) is 9.42. The molecule has 3 aromatic carbocycles. The second-order valence-corrected chi connectivity index (χ2v) is 10.9. The van der Waals surface area contributed by atoms with Gasteiger partial charge in [0.1, 0.15) is 5.52 Å². The van der Waals surface area contributed by atoms with Gasteiger partial charge >= 0.3 is 0 Å². The number of thioether (sulfide) groups is 1. The number of aryl methyl sites for hydroxylation is 1. The zero-order valence-electron chi connectivity index (χ0n) is 21.3. The topological polar surface area (TPSA) is 91.2 Å². The van der Waals surface area contributed by atoms with Gasteiger partial charge in [-0.05, 0) is 60.9 Å². The summed E-state index contributed by atoms with van der Waals surface area (Å²) in [5.74, 6) is 2.15. The number of ether oxygens (including phenoxy) is 2. The summed E-state index contributed by atoms with van der Waals surface area (Å²) < 4.78 is 12.9. The molecule has 3 heterocycles. The maximum Gasteiger partial charge on any atom is 0.231 e. The van der Waals surface area contributed by atoms with Gasteiger partial charge in [0.25, 0.3) is 0 Å². The minimum absolute atomic E-state index is 0.000204. The Morgan fingerprint density at radius 1 is 1.05 bits per heavy atom. The van der Waals surface area contributed by atoms with Crippen molar-refractivity contribution in [3.8, 4) is 11.5 Å². The molecular weight excluding hydrogens is 534 g/mol. The molecule has 1 aliphatic rings. The van der Waals surface area contributed by atoms with E-state index in [-0.39, 0.29) is 12.7 Å². The molecule has 1 amide bonds. The van der Waals surface area contributed by atoms with E-state index in [0.717, 1.165) is 44.5 Å². The Hall–Kier alpha value is -3.82. The van der Waals surface area contributed by atoms with E-state index in [1.807, 2.05) is 36.4 Å². The van der Waals surface area contributed by atoms with E-state index in [1.54, 1.807) is 0 Å². The first-order valence-corrected chi connectivity index (χ1v) is 14.1. The number of hydrogen-bond donors (Lipinski definition) is 1. The largest absolute Gasteiger partial charge is 0.454 e. The number of benzene rings is 3. The molecule has 0 spiro atoms.